The molecule has 0 bridgehead atoms. The Morgan fingerprint density at radius 2 is 2.41 bits per heavy atom. The predicted octanol–water partition coefficient (Wildman–Crippen LogP) is 0.775. The van der Waals surface area contributed by atoms with E-state index in [1.807, 2.05) is 24.8 Å². The number of hydrogen-bond acceptors (Lipinski definition) is 3. The molecule has 1 aliphatic rings. The molecule has 94 valence electrons. The number of likely N-dealkylation sites (tertiary alicyclic amines) is 1. The molecule has 0 radical (unpaired) electrons. The van der Waals surface area contributed by atoms with Gasteiger partial charge in [-0.25, -0.2) is 0 Å². The summed E-state index contributed by atoms with van der Waals surface area (Å²) in [6.07, 6.45) is 2.00. The van der Waals surface area contributed by atoms with Gasteiger partial charge in [-0.05, 0) is 32.8 Å². The van der Waals surface area contributed by atoms with Crippen molar-refractivity contribution in [3.63, 3.8) is 0 Å². The van der Waals surface area contributed by atoms with Crippen LogP contribution >= 0.6 is 0 Å². The zero-order valence-electron chi connectivity index (χ0n) is 10.5. The second-order valence-electron chi connectivity index (χ2n) is 4.64. The molecular weight excluding hydrogens is 216 g/mol. The van der Waals surface area contributed by atoms with Crippen LogP contribution in [0.5, 0.6) is 0 Å². The Hall–Kier alpha value is -1.36. The number of nitrogens with zero attached hydrogens (tertiary/aromatic N) is 3. The average Bonchev–Trinajstić information content (AvgIpc) is 2.69. The lowest BCUT2D eigenvalue weighted by Crippen LogP contribution is -2.46. The number of rotatable bonds is 2. The second kappa shape index (κ2) is 4.87. The van der Waals surface area contributed by atoms with Gasteiger partial charge >= 0.3 is 0 Å². The number of carbonyl (C=O) groups is 1. The summed E-state index contributed by atoms with van der Waals surface area (Å²) in [5.74, 6) is 0.0580. The van der Waals surface area contributed by atoms with Crippen LogP contribution in [0.15, 0.2) is 6.07 Å². The smallest absolute Gasteiger partial charge is 0.272 e. The number of nitrogens with two attached hydrogens (primary N) is 1. The maximum absolute atomic E-state index is 12.3. The van der Waals surface area contributed by atoms with E-state index in [-0.39, 0.29) is 11.9 Å². The van der Waals surface area contributed by atoms with E-state index >= 15 is 0 Å². The molecule has 1 unspecified atom stereocenters. The molecule has 0 aliphatic carbocycles. The van der Waals surface area contributed by atoms with Crippen molar-refractivity contribution in [3.8, 4) is 0 Å². The molecule has 1 amide bonds. The topological polar surface area (TPSA) is 64.2 Å². The van der Waals surface area contributed by atoms with E-state index in [0.717, 1.165) is 31.6 Å². The molecule has 1 fully saturated rings. The van der Waals surface area contributed by atoms with Crippen molar-refractivity contribution in [2.24, 2.45) is 5.73 Å². The van der Waals surface area contributed by atoms with Crippen molar-refractivity contribution in [3.05, 3.63) is 17.5 Å². The third-order valence-corrected chi connectivity index (χ3v) is 3.17. The van der Waals surface area contributed by atoms with E-state index in [4.69, 9.17) is 5.73 Å². The van der Waals surface area contributed by atoms with Crippen molar-refractivity contribution in [1.82, 2.24) is 14.7 Å². The molecule has 17 heavy (non-hydrogen) atoms. The van der Waals surface area contributed by atoms with Gasteiger partial charge in [-0.2, -0.15) is 5.10 Å². The number of amides is 1. The minimum absolute atomic E-state index is 0.0580. The number of aryl methyl sites for hydroxylation is 2. The maximum Gasteiger partial charge on any atom is 0.272 e. The maximum atomic E-state index is 12.3. The molecule has 5 heteroatoms. The van der Waals surface area contributed by atoms with Crippen LogP contribution in [-0.4, -0.2) is 39.7 Å². The predicted molar refractivity (Wildman–Crippen MR) is 65.8 cm³/mol. The highest BCUT2D eigenvalue weighted by molar-refractivity contribution is 5.92. The molecule has 0 spiro atoms. The van der Waals surface area contributed by atoms with Crippen LogP contribution in [-0.2, 0) is 6.54 Å². The largest absolute Gasteiger partial charge is 0.336 e. The van der Waals surface area contributed by atoms with Gasteiger partial charge in [0, 0.05) is 25.7 Å². The SMILES string of the molecule is CCn1nc(C)cc1C(=O)N1CCCC(N)C1. The average molecular weight is 236 g/mol. The summed E-state index contributed by atoms with van der Waals surface area (Å²) in [7, 11) is 0. The van der Waals surface area contributed by atoms with E-state index in [9.17, 15) is 4.79 Å². The first-order valence-corrected chi connectivity index (χ1v) is 6.21. The normalized spacial score (nSPS) is 20.6. The van der Waals surface area contributed by atoms with E-state index < -0.39 is 0 Å². The lowest BCUT2D eigenvalue weighted by atomic mass is 10.1. The Morgan fingerprint density at radius 3 is 3.06 bits per heavy atom. The Bertz CT molecular complexity index is 413. The van der Waals surface area contributed by atoms with Gasteiger partial charge in [0.2, 0.25) is 0 Å². The van der Waals surface area contributed by atoms with Gasteiger partial charge in [-0.3, -0.25) is 9.48 Å². The molecule has 5 nitrogen and oxygen atoms in total. The molecule has 1 aliphatic heterocycles. The molecule has 1 aromatic rings. The monoisotopic (exact) mass is 236 g/mol. The van der Waals surface area contributed by atoms with Crippen LogP contribution in [0.3, 0.4) is 0 Å². The zero-order chi connectivity index (χ0) is 12.4. The minimum Gasteiger partial charge on any atom is -0.336 e. The third kappa shape index (κ3) is 2.49. The van der Waals surface area contributed by atoms with Crippen LogP contribution in [0, 0.1) is 6.92 Å². The standard InChI is InChI=1S/C12H20N4O/c1-3-16-11(7-9(2)14-16)12(17)15-6-4-5-10(13)8-15/h7,10H,3-6,8,13H2,1-2H3. The van der Waals surface area contributed by atoms with Crippen LogP contribution in [0.25, 0.3) is 0 Å². The summed E-state index contributed by atoms with van der Waals surface area (Å²) in [6, 6.07) is 1.97. The van der Waals surface area contributed by atoms with Crippen LogP contribution in [0.2, 0.25) is 0 Å². The first-order valence-electron chi connectivity index (χ1n) is 6.21. The summed E-state index contributed by atoms with van der Waals surface area (Å²) in [6.45, 7) is 6.08. The Morgan fingerprint density at radius 1 is 1.65 bits per heavy atom. The first kappa shape index (κ1) is 12.1. The van der Waals surface area contributed by atoms with Crippen LogP contribution in [0.1, 0.15) is 35.9 Å². The third-order valence-electron chi connectivity index (χ3n) is 3.17. The fourth-order valence-corrected chi connectivity index (χ4v) is 2.32. The Kier molecular flexibility index (Phi) is 3.47. The van der Waals surface area contributed by atoms with Gasteiger partial charge in [0.05, 0.1) is 5.69 Å². The lowest BCUT2D eigenvalue weighted by molar-refractivity contribution is 0.0696. The van der Waals surface area contributed by atoms with E-state index in [1.165, 1.54) is 0 Å². The van der Waals surface area contributed by atoms with Gasteiger partial charge in [0.1, 0.15) is 5.69 Å². The van der Waals surface area contributed by atoms with Crippen molar-refractivity contribution in [2.75, 3.05) is 13.1 Å². The van der Waals surface area contributed by atoms with Crippen molar-refractivity contribution in [1.29, 1.82) is 0 Å². The number of hydrogen-bond donors (Lipinski definition) is 1. The summed E-state index contributed by atoms with van der Waals surface area (Å²) in [5.41, 5.74) is 7.47. The summed E-state index contributed by atoms with van der Waals surface area (Å²) in [5, 5.41) is 4.30. The molecule has 1 saturated heterocycles. The van der Waals surface area contributed by atoms with Gasteiger partial charge in [0.15, 0.2) is 0 Å². The van der Waals surface area contributed by atoms with Crippen molar-refractivity contribution < 1.29 is 4.79 Å². The lowest BCUT2D eigenvalue weighted by Gasteiger charge is -2.30. The van der Waals surface area contributed by atoms with Gasteiger partial charge < -0.3 is 10.6 Å². The van der Waals surface area contributed by atoms with Crippen LogP contribution in [0.4, 0.5) is 0 Å². The van der Waals surface area contributed by atoms with Gasteiger partial charge in [-0.1, -0.05) is 0 Å². The van der Waals surface area contributed by atoms with Gasteiger partial charge in [0.25, 0.3) is 5.91 Å². The van der Waals surface area contributed by atoms with Crippen molar-refractivity contribution in [2.45, 2.75) is 39.3 Å². The highest BCUT2D eigenvalue weighted by Gasteiger charge is 2.24. The van der Waals surface area contributed by atoms with E-state index in [2.05, 4.69) is 5.10 Å². The number of carbonyl (C=O) groups excluding carboxylic acids is 1. The molecule has 2 N–H and O–H groups in total. The first-order chi connectivity index (χ1) is 8.11. The minimum atomic E-state index is 0.0580. The summed E-state index contributed by atoms with van der Waals surface area (Å²) < 4.78 is 1.76. The molecule has 1 atom stereocenters. The molecule has 0 saturated carbocycles. The highest BCUT2D eigenvalue weighted by Crippen LogP contribution is 2.13. The van der Waals surface area contributed by atoms with E-state index in [1.54, 1.807) is 4.68 Å². The highest BCUT2D eigenvalue weighted by atomic mass is 16.2. The Balaban J connectivity index is 2.18. The molecular formula is C12H20N4O. The molecule has 2 heterocycles. The molecule has 0 aromatic carbocycles. The fraction of sp³-hybridized carbons (Fsp3) is 0.667. The Labute approximate surface area is 102 Å². The molecule has 2 rings (SSSR count). The zero-order valence-corrected chi connectivity index (χ0v) is 10.5. The van der Waals surface area contributed by atoms with E-state index in [0.29, 0.717) is 12.2 Å². The quantitative estimate of drug-likeness (QED) is 0.825. The second-order valence-corrected chi connectivity index (χ2v) is 4.64. The number of aromatic nitrogens is 2. The molecule has 1 aromatic heterocycles. The van der Waals surface area contributed by atoms with Crippen LogP contribution < -0.4 is 5.73 Å². The van der Waals surface area contributed by atoms with Crippen molar-refractivity contribution >= 4 is 5.91 Å². The summed E-state index contributed by atoms with van der Waals surface area (Å²) in [4.78, 5) is 14.2. The fourth-order valence-electron chi connectivity index (χ4n) is 2.32. The number of piperidine rings is 1. The summed E-state index contributed by atoms with van der Waals surface area (Å²) >= 11 is 0. The van der Waals surface area contributed by atoms with Gasteiger partial charge in [-0.15, -0.1) is 0 Å².